The van der Waals surface area contributed by atoms with E-state index in [9.17, 15) is 19.1 Å². The lowest BCUT2D eigenvalue weighted by atomic mass is 9.77. The molecule has 114 valence electrons. The lowest BCUT2D eigenvalue weighted by molar-refractivity contribution is -0.146. The van der Waals surface area contributed by atoms with Crippen molar-refractivity contribution in [3.8, 4) is 0 Å². The average Bonchev–Trinajstić information content (AvgIpc) is 2.44. The summed E-state index contributed by atoms with van der Waals surface area (Å²) in [5.41, 5.74) is -0.796. The van der Waals surface area contributed by atoms with Crippen LogP contribution in [0, 0.1) is 11.7 Å². The van der Waals surface area contributed by atoms with Gasteiger partial charge in [0.2, 0.25) is 0 Å². The number of hydrogen-bond acceptors (Lipinski definition) is 2. The number of amides is 2. The molecule has 6 heteroatoms. The van der Waals surface area contributed by atoms with Crippen molar-refractivity contribution in [3.63, 3.8) is 0 Å². The van der Waals surface area contributed by atoms with Crippen LogP contribution in [0.3, 0.4) is 0 Å². The molecule has 1 aliphatic rings. The second-order valence-electron chi connectivity index (χ2n) is 5.66. The van der Waals surface area contributed by atoms with E-state index >= 15 is 0 Å². The topological polar surface area (TPSA) is 78.4 Å². The van der Waals surface area contributed by atoms with E-state index in [1.807, 2.05) is 0 Å². The van der Waals surface area contributed by atoms with Crippen molar-refractivity contribution in [3.05, 3.63) is 30.1 Å². The minimum absolute atomic E-state index is 0.399. The highest BCUT2D eigenvalue weighted by molar-refractivity contribution is 5.93. The molecule has 0 aromatic heterocycles. The Morgan fingerprint density at radius 1 is 1.24 bits per heavy atom. The molecular formula is C15H19FN2O3. The van der Waals surface area contributed by atoms with Gasteiger partial charge in [0.1, 0.15) is 11.4 Å². The van der Waals surface area contributed by atoms with E-state index in [1.165, 1.54) is 24.3 Å². The van der Waals surface area contributed by atoms with Gasteiger partial charge in [-0.25, -0.2) is 14.0 Å². The van der Waals surface area contributed by atoms with Gasteiger partial charge >= 0.3 is 12.0 Å². The van der Waals surface area contributed by atoms with Crippen LogP contribution in [-0.2, 0) is 4.79 Å². The first-order valence-electron chi connectivity index (χ1n) is 6.99. The van der Waals surface area contributed by atoms with Crippen LogP contribution in [0.2, 0.25) is 0 Å². The molecule has 2 amide bonds. The maximum atomic E-state index is 12.8. The lowest BCUT2D eigenvalue weighted by Crippen LogP contribution is -2.57. The second kappa shape index (κ2) is 6.11. The zero-order valence-electron chi connectivity index (χ0n) is 11.9. The van der Waals surface area contributed by atoms with Gasteiger partial charge < -0.3 is 15.7 Å². The van der Waals surface area contributed by atoms with Gasteiger partial charge in [0, 0.05) is 5.69 Å². The first-order valence-corrected chi connectivity index (χ1v) is 6.99. The Hall–Kier alpha value is -2.11. The second-order valence-corrected chi connectivity index (χ2v) is 5.66. The predicted octanol–water partition coefficient (Wildman–Crippen LogP) is 2.98. The zero-order chi connectivity index (χ0) is 15.5. The number of urea groups is 1. The van der Waals surface area contributed by atoms with Crippen LogP contribution in [0.25, 0.3) is 0 Å². The molecule has 2 rings (SSSR count). The van der Waals surface area contributed by atoms with Gasteiger partial charge in [-0.1, -0.05) is 6.92 Å². The number of aliphatic carboxylic acids is 1. The fraction of sp³-hybridized carbons (Fsp3) is 0.467. The SMILES string of the molecule is CC1CCC(NC(=O)Nc2ccc(F)cc2)(C(=O)O)CC1. The molecular weight excluding hydrogens is 275 g/mol. The highest BCUT2D eigenvalue weighted by Crippen LogP contribution is 2.32. The van der Waals surface area contributed by atoms with Crippen LogP contribution in [-0.4, -0.2) is 22.6 Å². The molecule has 0 bridgehead atoms. The third kappa shape index (κ3) is 3.71. The summed E-state index contributed by atoms with van der Waals surface area (Å²) in [4.78, 5) is 23.5. The number of anilines is 1. The van der Waals surface area contributed by atoms with Gasteiger partial charge in [0.05, 0.1) is 0 Å². The third-order valence-electron chi connectivity index (χ3n) is 3.99. The van der Waals surface area contributed by atoms with E-state index < -0.39 is 23.4 Å². The van der Waals surface area contributed by atoms with Crippen molar-refractivity contribution in [2.45, 2.75) is 38.1 Å². The molecule has 0 saturated heterocycles. The van der Waals surface area contributed by atoms with Gasteiger partial charge in [-0.05, 0) is 55.9 Å². The Labute approximate surface area is 122 Å². The molecule has 1 aliphatic carbocycles. The number of nitrogens with one attached hydrogen (secondary N) is 2. The van der Waals surface area contributed by atoms with Crippen LogP contribution in [0.1, 0.15) is 32.6 Å². The van der Waals surface area contributed by atoms with Gasteiger partial charge in [-0.2, -0.15) is 0 Å². The number of carbonyl (C=O) groups is 2. The van der Waals surface area contributed by atoms with E-state index in [0.29, 0.717) is 24.4 Å². The molecule has 21 heavy (non-hydrogen) atoms. The Kier molecular flexibility index (Phi) is 4.45. The molecule has 1 aromatic rings. The normalized spacial score (nSPS) is 25.1. The Morgan fingerprint density at radius 3 is 2.33 bits per heavy atom. The average molecular weight is 294 g/mol. The van der Waals surface area contributed by atoms with Crippen LogP contribution >= 0.6 is 0 Å². The maximum absolute atomic E-state index is 12.8. The summed E-state index contributed by atoms with van der Waals surface area (Å²) in [6.45, 7) is 2.07. The fourth-order valence-corrected chi connectivity index (χ4v) is 2.56. The number of rotatable bonds is 3. The molecule has 0 aliphatic heterocycles. The predicted molar refractivity (Wildman–Crippen MR) is 76.6 cm³/mol. The summed E-state index contributed by atoms with van der Waals surface area (Å²) in [6.07, 6.45) is 2.37. The first-order chi connectivity index (χ1) is 9.91. The summed E-state index contributed by atoms with van der Waals surface area (Å²) >= 11 is 0. The van der Waals surface area contributed by atoms with E-state index in [4.69, 9.17) is 0 Å². The van der Waals surface area contributed by atoms with Crippen molar-refractivity contribution < 1.29 is 19.1 Å². The van der Waals surface area contributed by atoms with Gasteiger partial charge in [-0.3, -0.25) is 0 Å². The van der Waals surface area contributed by atoms with Gasteiger partial charge in [0.25, 0.3) is 0 Å². The molecule has 0 heterocycles. The maximum Gasteiger partial charge on any atom is 0.329 e. The highest BCUT2D eigenvalue weighted by Gasteiger charge is 2.42. The first kappa shape index (κ1) is 15.3. The number of halogens is 1. The monoisotopic (exact) mass is 294 g/mol. The minimum atomic E-state index is -1.21. The Bertz CT molecular complexity index is 522. The Balaban J connectivity index is 2.02. The number of hydrogen-bond donors (Lipinski definition) is 3. The highest BCUT2D eigenvalue weighted by atomic mass is 19.1. The fourth-order valence-electron chi connectivity index (χ4n) is 2.56. The van der Waals surface area contributed by atoms with Gasteiger partial charge in [0.15, 0.2) is 0 Å². The van der Waals surface area contributed by atoms with Crippen LogP contribution in [0.4, 0.5) is 14.9 Å². The lowest BCUT2D eigenvalue weighted by Gasteiger charge is -2.36. The molecule has 3 N–H and O–H groups in total. The molecule has 0 radical (unpaired) electrons. The van der Waals surface area contributed by atoms with Crippen molar-refractivity contribution in [1.29, 1.82) is 0 Å². The number of carboxylic acids is 1. The molecule has 5 nitrogen and oxygen atoms in total. The molecule has 0 spiro atoms. The minimum Gasteiger partial charge on any atom is -0.480 e. The number of carboxylic acid groups (broad SMARTS) is 1. The summed E-state index contributed by atoms with van der Waals surface area (Å²) < 4.78 is 12.8. The number of carbonyl (C=O) groups excluding carboxylic acids is 1. The van der Waals surface area contributed by atoms with Gasteiger partial charge in [-0.15, -0.1) is 0 Å². The standard InChI is InChI=1S/C15H19FN2O3/c1-10-6-8-15(9-7-10,13(19)20)18-14(21)17-12-4-2-11(16)3-5-12/h2-5,10H,6-9H2,1H3,(H,19,20)(H2,17,18,21). The molecule has 1 aromatic carbocycles. The molecule has 1 fully saturated rings. The van der Waals surface area contributed by atoms with Crippen molar-refractivity contribution in [1.82, 2.24) is 5.32 Å². The Morgan fingerprint density at radius 2 is 1.81 bits per heavy atom. The van der Waals surface area contributed by atoms with Crippen LogP contribution in [0.5, 0.6) is 0 Å². The smallest absolute Gasteiger partial charge is 0.329 e. The summed E-state index contributed by atoms with van der Waals surface area (Å²) in [5, 5.41) is 14.5. The van der Waals surface area contributed by atoms with E-state index in [-0.39, 0.29) is 0 Å². The van der Waals surface area contributed by atoms with Crippen molar-refractivity contribution >= 4 is 17.7 Å². The molecule has 0 unspecified atom stereocenters. The summed E-state index contributed by atoms with van der Waals surface area (Å²) in [7, 11) is 0. The summed E-state index contributed by atoms with van der Waals surface area (Å²) in [6, 6.07) is 4.71. The van der Waals surface area contributed by atoms with E-state index in [1.54, 1.807) is 0 Å². The van der Waals surface area contributed by atoms with E-state index in [2.05, 4.69) is 17.6 Å². The quantitative estimate of drug-likeness (QED) is 0.802. The largest absolute Gasteiger partial charge is 0.480 e. The molecule has 0 atom stereocenters. The van der Waals surface area contributed by atoms with E-state index in [0.717, 1.165) is 12.8 Å². The third-order valence-corrected chi connectivity index (χ3v) is 3.99. The summed E-state index contributed by atoms with van der Waals surface area (Å²) in [5.74, 6) is -0.938. The molecule has 1 saturated carbocycles. The van der Waals surface area contributed by atoms with Crippen LogP contribution < -0.4 is 10.6 Å². The zero-order valence-corrected chi connectivity index (χ0v) is 11.9. The van der Waals surface area contributed by atoms with Crippen LogP contribution in [0.15, 0.2) is 24.3 Å². The van der Waals surface area contributed by atoms with Crippen molar-refractivity contribution in [2.24, 2.45) is 5.92 Å². The van der Waals surface area contributed by atoms with Crippen molar-refractivity contribution in [2.75, 3.05) is 5.32 Å². The number of benzene rings is 1.